The highest BCUT2D eigenvalue weighted by Crippen LogP contribution is 2.64. The summed E-state index contributed by atoms with van der Waals surface area (Å²) in [5, 5.41) is 0. The van der Waals surface area contributed by atoms with E-state index in [9.17, 15) is 0 Å². The van der Waals surface area contributed by atoms with Crippen molar-refractivity contribution in [2.75, 3.05) is 19.6 Å². The molecular weight excluding hydrogens is 885 g/mol. The van der Waals surface area contributed by atoms with E-state index in [4.69, 9.17) is 0 Å². The predicted octanol–water partition coefficient (Wildman–Crippen LogP) is 18.6. The lowest BCUT2D eigenvalue weighted by Crippen LogP contribution is -2.27. The van der Waals surface area contributed by atoms with Crippen molar-refractivity contribution in [2.45, 2.75) is 18.3 Å². The maximum absolute atomic E-state index is 2.50. The Morgan fingerprint density at radius 1 is 0.301 bits per heavy atom. The molecule has 0 bridgehead atoms. The molecule has 0 amide bonds. The molecule has 0 N–H and O–H groups in total. The monoisotopic (exact) mass is 932 g/mol. The van der Waals surface area contributed by atoms with Gasteiger partial charge in [-0.15, -0.1) is 0 Å². The van der Waals surface area contributed by atoms with Crippen LogP contribution in [-0.2, 0) is 5.41 Å². The number of rotatable bonds is 6. The standard InChI is InChI=1S/C69H48N4/c1-3-19-49(20-4-1)70-61-27-11-13-29-63(61)72(64-30-14-12-28-62(64)70)51-40-37-47(38-41-51)35-36-48-39-43-55-56-44-42-52(46-60(56)69(59(55)45-48)57-25-9-7-23-53(57)54-24-8-10-26-58(54)69)73-67-33-17-15-31-65(67)71(50-21-5-2-6-22-50)66-32-16-18-34-68(66)73/h2-3,5-46H,1,4H2/b36-35+. The Hall–Kier alpha value is -9.38. The van der Waals surface area contributed by atoms with Gasteiger partial charge in [-0.25, -0.2) is 0 Å². The zero-order valence-corrected chi connectivity index (χ0v) is 40.1. The zero-order chi connectivity index (χ0) is 48.0. The molecule has 4 nitrogen and oxygen atoms in total. The van der Waals surface area contributed by atoms with Gasteiger partial charge in [0.2, 0.25) is 0 Å². The van der Waals surface area contributed by atoms with Gasteiger partial charge >= 0.3 is 0 Å². The third-order valence-corrected chi connectivity index (χ3v) is 15.7. The van der Waals surface area contributed by atoms with Crippen LogP contribution in [0, 0.1) is 0 Å². The molecule has 0 atom stereocenters. The maximum Gasteiger partial charge on any atom is 0.0726 e. The highest BCUT2D eigenvalue weighted by Gasteiger charge is 2.52. The Morgan fingerprint density at radius 3 is 1.23 bits per heavy atom. The molecule has 10 aromatic carbocycles. The summed E-state index contributed by atoms with van der Waals surface area (Å²) in [6.45, 7) is 0. The molecule has 344 valence electrons. The fraction of sp³-hybridized carbons (Fsp3) is 0.0435. The van der Waals surface area contributed by atoms with Crippen molar-refractivity contribution in [3.05, 3.63) is 294 Å². The van der Waals surface area contributed by atoms with Crippen molar-refractivity contribution in [3.8, 4) is 22.3 Å². The zero-order valence-electron chi connectivity index (χ0n) is 40.1. The van der Waals surface area contributed by atoms with Crippen molar-refractivity contribution in [3.63, 3.8) is 0 Å². The molecule has 0 unspecified atom stereocenters. The van der Waals surface area contributed by atoms with Crippen LogP contribution >= 0.6 is 0 Å². The van der Waals surface area contributed by atoms with E-state index in [1.807, 2.05) is 0 Å². The lowest BCUT2D eigenvalue weighted by molar-refractivity contribution is 0.793. The van der Waals surface area contributed by atoms with Crippen molar-refractivity contribution in [1.29, 1.82) is 0 Å². The molecule has 2 heterocycles. The van der Waals surface area contributed by atoms with E-state index in [2.05, 4.69) is 287 Å². The number of para-hydroxylation sites is 9. The third kappa shape index (κ3) is 6.14. The van der Waals surface area contributed by atoms with Crippen molar-refractivity contribution < 1.29 is 0 Å². The Labute approximate surface area is 426 Å². The smallest absolute Gasteiger partial charge is 0.0726 e. The van der Waals surface area contributed by atoms with Crippen LogP contribution in [0.25, 0.3) is 34.4 Å². The molecule has 73 heavy (non-hydrogen) atoms. The van der Waals surface area contributed by atoms with Crippen LogP contribution in [0.5, 0.6) is 0 Å². The molecule has 0 saturated heterocycles. The number of anilines is 11. The van der Waals surface area contributed by atoms with Gasteiger partial charge in [0.15, 0.2) is 0 Å². The number of fused-ring (bicyclic) bond motifs is 14. The van der Waals surface area contributed by atoms with Crippen molar-refractivity contribution in [2.24, 2.45) is 0 Å². The highest BCUT2D eigenvalue weighted by molar-refractivity contribution is 6.04. The van der Waals surface area contributed by atoms with Crippen LogP contribution in [0.15, 0.2) is 261 Å². The van der Waals surface area contributed by atoms with Crippen LogP contribution in [0.2, 0.25) is 0 Å². The second-order valence-electron chi connectivity index (χ2n) is 19.5. The molecule has 4 heteroatoms. The molecule has 0 radical (unpaired) electrons. The summed E-state index contributed by atoms with van der Waals surface area (Å²) in [5.41, 5.74) is 26.1. The first kappa shape index (κ1) is 41.4. The quantitative estimate of drug-likeness (QED) is 0.154. The lowest BCUT2D eigenvalue weighted by Gasteiger charge is -2.41. The molecule has 0 saturated carbocycles. The first-order valence-electron chi connectivity index (χ1n) is 25.5. The van der Waals surface area contributed by atoms with Gasteiger partial charge in [-0.2, -0.15) is 0 Å². The SMILES string of the molecule is C1=CC(N2c3ccccc3N(c3ccc(/C=C/c4ccc5c(c4)C4(c6ccccc6-c6ccccc64)c4cc(N6c7ccccc7N(c7ccccc7)c7ccccc76)ccc4-5)cc3)c3ccccc32)=CCC1. The Bertz CT molecular complexity index is 3810. The van der Waals surface area contributed by atoms with E-state index < -0.39 is 5.41 Å². The number of allylic oxidation sites excluding steroid dienone is 3. The second kappa shape index (κ2) is 16.3. The number of hydrogen-bond acceptors (Lipinski definition) is 4. The summed E-state index contributed by atoms with van der Waals surface area (Å²) in [5.74, 6) is 0. The Balaban J connectivity index is 0.827. The van der Waals surface area contributed by atoms with Crippen LogP contribution in [0.1, 0.15) is 46.2 Å². The van der Waals surface area contributed by atoms with E-state index in [1.54, 1.807) is 0 Å². The predicted molar refractivity (Wildman–Crippen MR) is 304 cm³/mol. The summed E-state index contributed by atoms with van der Waals surface area (Å²) >= 11 is 0. The van der Waals surface area contributed by atoms with Gasteiger partial charge in [0, 0.05) is 22.8 Å². The maximum atomic E-state index is 2.50. The fourth-order valence-corrected chi connectivity index (χ4v) is 12.7. The highest BCUT2D eigenvalue weighted by atomic mass is 15.3. The van der Waals surface area contributed by atoms with Crippen LogP contribution in [0.4, 0.5) is 62.6 Å². The number of nitrogens with zero attached hydrogens (tertiary/aromatic N) is 4. The van der Waals surface area contributed by atoms with Crippen molar-refractivity contribution >= 4 is 74.7 Å². The minimum absolute atomic E-state index is 0.523. The summed E-state index contributed by atoms with van der Waals surface area (Å²) in [7, 11) is 0. The Morgan fingerprint density at radius 2 is 0.699 bits per heavy atom. The summed E-state index contributed by atoms with van der Waals surface area (Å²) in [6, 6.07) is 87.5. The van der Waals surface area contributed by atoms with Crippen LogP contribution < -0.4 is 19.6 Å². The van der Waals surface area contributed by atoms with Gasteiger partial charge in [0.25, 0.3) is 0 Å². The molecule has 0 fully saturated rings. The van der Waals surface area contributed by atoms with E-state index in [1.165, 1.54) is 78.5 Å². The first-order valence-corrected chi connectivity index (χ1v) is 25.5. The average molecular weight is 933 g/mol. The largest absolute Gasteiger partial charge is 0.307 e. The van der Waals surface area contributed by atoms with Gasteiger partial charge in [0.1, 0.15) is 0 Å². The normalized spacial score (nSPS) is 15.0. The molecular formula is C69H48N4. The number of hydrogen-bond donors (Lipinski definition) is 0. The summed E-state index contributed by atoms with van der Waals surface area (Å²) in [4.78, 5) is 9.69. The van der Waals surface area contributed by atoms with Gasteiger partial charge < -0.3 is 19.6 Å². The van der Waals surface area contributed by atoms with Crippen LogP contribution in [-0.4, -0.2) is 0 Å². The molecule has 1 spiro atoms. The van der Waals surface area contributed by atoms with Gasteiger partial charge in [-0.1, -0.05) is 170 Å². The van der Waals surface area contributed by atoms with Crippen LogP contribution in [0.3, 0.4) is 0 Å². The topological polar surface area (TPSA) is 13.0 Å². The molecule has 5 aliphatic rings. The second-order valence-corrected chi connectivity index (χ2v) is 19.5. The first-order chi connectivity index (χ1) is 36.2. The minimum Gasteiger partial charge on any atom is -0.307 e. The van der Waals surface area contributed by atoms with E-state index >= 15 is 0 Å². The summed E-state index contributed by atoms with van der Waals surface area (Å²) < 4.78 is 0. The minimum atomic E-state index is -0.523. The van der Waals surface area contributed by atoms with E-state index in [0.717, 1.165) is 58.2 Å². The molecule has 15 rings (SSSR count). The third-order valence-electron chi connectivity index (χ3n) is 15.7. The van der Waals surface area contributed by atoms with Gasteiger partial charge in [-0.05, 0) is 166 Å². The van der Waals surface area contributed by atoms with Gasteiger partial charge in [-0.3, -0.25) is 0 Å². The Kier molecular flexibility index (Phi) is 9.27. The van der Waals surface area contributed by atoms with Gasteiger partial charge in [0.05, 0.1) is 50.9 Å². The molecule has 2 aliphatic heterocycles. The molecule has 0 aromatic heterocycles. The average Bonchev–Trinajstić information content (AvgIpc) is 3.93. The lowest BCUT2D eigenvalue weighted by atomic mass is 9.70. The van der Waals surface area contributed by atoms with E-state index in [0.29, 0.717) is 0 Å². The number of benzene rings is 10. The van der Waals surface area contributed by atoms with Crippen molar-refractivity contribution in [1.82, 2.24) is 0 Å². The van der Waals surface area contributed by atoms with E-state index in [-0.39, 0.29) is 0 Å². The molecule has 3 aliphatic carbocycles. The fourth-order valence-electron chi connectivity index (χ4n) is 12.7. The molecule has 10 aromatic rings. The summed E-state index contributed by atoms with van der Waals surface area (Å²) in [6.07, 6.45) is 13.6.